The standard InChI is InChI=1S/C50H30N6O/c1-3-12-31(13-4-1)47-52-48(54-49(53-47)33-21-24-39-38-17-8-10-20-45(38)57-46(39)29-33)32-22-26-43-41(28-32)37-25-23-35(30-44(37)55(43)34-14-5-2-6-15-34)56-42-19-9-7-16-36(42)40-18-11-27-51-50(40)56/h1-30H. The molecular weight excluding hydrogens is 701 g/mol. The predicted octanol–water partition coefficient (Wildman–Crippen LogP) is 12.4. The van der Waals surface area contributed by atoms with E-state index in [4.69, 9.17) is 24.4 Å². The maximum absolute atomic E-state index is 6.27. The van der Waals surface area contributed by atoms with Crippen LogP contribution in [0, 0.1) is 0 Å². The summed E-state index contributed by atoms with van der Waals surface area (Å²) in [5, 5.41) is 6.68. The van der Waals surface area contributed by atoms with Crippen molar-refractivity contribution in [3.63, 3.8) is 0 Å². The van der Waals surface area contributed by atoms with Gasteiger partial charge in [0.05, 0.1) is 16.6 Å². The fourth-order valence-corrected chi connectivity index (χ4v) is 8.42. The number of hydrogen-bond acceptors (Lipinski definition) is 5. The van der Waals surface area contributed by atoms with Gasteiger partial charge < -0.3 is 8.98 Å². The number of pyridine rings is 1. The smallest absolute Gasteiger partial charge is 0.164 e. The highest BCUT2D eigenvalue weighted by atomic mass is 16.3. The Morgan fingerprint density at radius 3 is 1.81 bits per heavy atom. The molecule has 7 nitrogen and oxygen atoms in total. The van der Waals surface area contributed by atoms with Crippen molar-refractivity contribution in [2.75, 3.05) is 0 Å². The zero-order chi connectivity index (χ0) is 37.5. The van der Waals surface area contributed by atoms with E-state index in [1.54, 1.807) is 0 Å². The Morgan fingerprint density at radius 2 is 0.965 bits per heavy atom. The van der Waals surface area contributed by atoms with Gasteiger partial charge in [0.15, 0.2) is 17.5 Å². The zero-order valence-electron chi connectivity index (χ0n) is 30.4. The minimum atomic E-state index is 0.581. The van der Waals surface area contributed by atoms with E-state index in [1.165, 1.54) is 5.39 Å². The second-order valence-corrected chi connectivity index (χ2v) is 14.3. The largest absolute Gasteiger partial charge is 0.456 e. The molecule has 0 fully saturated rings. The summed E-state index contributed by atoms with van der Waals surface area (Å²) in [5.74, 6) is 1.79. The lowest BCUT2D eigenvalue weighted by Gasteiger charge is -2.11. The molecule has 7 aromatic carbocycles. The van der Waals surface area contributed by atoms with Crippen LogP contribution < -0.4 is 0 Å². The summed E-state index contributed by atoms with van der Waals surface area (Å²) < 4.78 is 10.9. The maximum Gasteiger partial charge on any atom is 0.164 e. The van der Waals surface area contributed by atoms with Crippen LogP contribution in [0.4, 0.5) is 0 Å². The average molecular weight is 731 g/mol. The number of furan rings is 1. The lowest BCUT2D eigenvalue weighted by Crippen LogP contribution is -2.00. The summed E-state index contributed by atoms with van der Waals surface area (Å²) >= 11 is 0. The Kier molecular flexibility index (Phi) is 6.79. The molecule has 0 N–H and O–H groups in total. The molecule has 0 aliphatic rings. The molecule has 7 heteroatoms. The van der Waals surface area contributed by atoms with Crippen LogP contribution in [0.5, 0.6) is 0 Å². The molecule has 12 aromatic rings. The Hall–Kier alpha value is -7.90. The molecule has 0 atom stereocenters. The van der Waals surface area contributed by atoms with Gasteiger partial charge in [-0.25, -0.2) is 19.9 Å². The van der Waals surface area contributed by atoms with Gasteiger partial charge in [0.1, 0.15) is 16.8 Å². The molecule has 12 rings (SSSR count). The molecule has 0 aliphatic heterocycles. The van der Waals surface area contributed by atoms with Crippen molar-refractivity contribution in [2.45, 2.75) is 0 Å². The first-order chi connectivity index (χ1) is 28.2. The van der Waals surface area contributed by atoms with Gasteiger partial charge in [0.2, 0.25) is 0 Å². The van der Waals surface area contributed by atoms with Crippen molar-refractivity contribution < 1.29 is 4.42 Å². The van der Waals surface area contributed by atoms with E-state index in [-0.39, 0.29) is 0 Å². The van der Waals surface area contributed by atoms with Gasteiger partial charge >= 0.3 is 0 Å². The van der Waals surface area contributed by atoms with Gasteiger partial charge in [0, 0.05) is 66.6 Å². The second-order valence-electron chi connectivity index (χ2n) is 14.3. The summed E-state index contributed by atoms with van der Waals surface area (Å²) in [7, 11) is 0. The molecule has 5 aromatic heterocycles. The number of hydrogen-bond donors (Lipinski definition) is 0. The van der Waals surface area contributed by atoms with Gasteiger partial charge in [-0.15, -0.1) is 0 Å². The van der Waals surface area contributed by atoms with Crippen molar-refractivity contribution in [2.24, 2.45) is 0 Å². The monoisotopic (exact) mass is 730 g/mol. The van der Waals surface area contributed by atoms with Crippen molar-refractivity contribution in [3.05, 3.63) is 182 Å². The van der Waals surface area contributed by atoms with Crippen molar-refractivity contribution >= 4 is 65.7 Å². The van der Waals surface area contributed by atoms with Crippen LogP contribution in [0.25, 0.3) is 111 Å². The maximum atomic E-state index is 6.27. The molecule has 0 spiro atoms. The lowest BCUT2D eigenvalue weighted by atomic mass is 10.1. The fraction of sp³-hybridized carbons (Fsp3) is 0. The van der Waals surface area contributed by atoms with Crippen LogP contribution >= 0.6 is 0 Å². The van der Waals surface area contributed by atoms with Crippen LogP contribution in [0.1, 0.15) is 0 Å². The third-order valence-corrected chi connectivity index (χ3v) is 11.0. The molecule has 5 heterocycles. The molecule has 0 unspecified atom stereocenters. The van der Waals surface area contributed by atoms with Gasteiger partial charge in [-0.3, -0.25) is 4.57 Å². The molecule has 0 aliphatic carbocycles. The minimum absolute atomic E-state index is 0.581. The predicted molar refractivity (Wildman–Crippen MR) is 230 cm³/mol. The molecule has 266 valence electrons. The molecule has 0 saturated carbocycles. The quantitative estimate of drug-likeness (QED) is 0.176. The van der Waals surface area contributed by atoms with E-state index in [0.29, 0.717) is 17.5 Å². The topological polar surface area (TPSA) is 74.6 Å². The molecule has 0 bridgehead atoms. The summed E-state index contributed by atoms with van der Waals surface area (Å²) in [6.45, 7) is 0. The normalized spacial score (nSPS) is 11.9. The minimum Gasteiger partial charge on any atom is -0.456 e. The third-order valence-electron chi connectivity index (χ3n) is 11.0. The van der Waals surface area contributed by atoms with E-state index in [0.717, 1.165) is 88.4 Å². The van der Waals surface area contributed by atoms with Crippen LogP contribution in [0.3, 0.4) is 0 Å². The number of para-hydroxylation sites is 3. The van der Waals surface area contributed by atoms with Crippen LogP contribution in [-0.2, 0) is 0 Å². The van der Waals surface area contributed by atoms with Crippen LogP contribution in [0.15, 0.2) is 187 Å². The average Bonchev–Trinajstić information content (AvgIpc) is 3.93. The lowest BCUT2D eigenvalue weighted by molar-refractivity contribution is 0.669. The van der Waals surface area contributed by atoms with E-state index in [1.807, 2.05) is 66.9 Å². The molecular formula is C50H30N6O. The molecule has 0 radical (unpaired) electrons. The van der Waals surface area contributed by atoms with E-state index >= 15 is 0 Å². The van der Waals surface area contributed by atoms with Crippen LogP contribution in [-0.4, -0.2) is 29.1 Å². The van der Waals surface area contributed by atoms with Crippen molar-refractivity contribution in [1.82, 2.24) is 29.1 Å². The number of aromatic nitrogens is 6. The van der Waals surface area contributed by atoms with Gasteiger partial charge in [-0.05, 0) is 78.9 Å². The first-order valence-electron chi connectivity index (χ1n) is 19.0. The first kappa shape index (κ1) is 31.5. The molecule has 0 amide bonds. The Balaban J connectivity index is 1.07. The summed E-state index contributed by atoms with van der Waals surface area (Å²) in [6, 6.07) is 60.8. The van der Waals surface area contributed by atoms with Crippen LogP contribution in [0.2, 0.25) is 0 Å². The first-order valence-corrected chi connectivity index (χ1v) is 19.0. The number of benzene rings is 7. The zero-order valence-corrected chi connectivity index (χ0v) is 30.4. The fourth-order valence-electron chi connectivity index (χ4n) is 8.42. The number of rotatable bonds is 5. The van der Waals surface area contributed by atoms with E-state index in [9.17, 15) is 0 Å². The Labute approximate surface area is 325 Å². The summed E-state index contributed by atoms with van der Waals surface area (Å²) in [6.07, 6.45) is 1.87. The van der Waals surface area contributed by atoms with Crippen molar-refractivity contribution in [1.29, 1.82) is 0 Å². The highest BCUT2D eigenvalue weighted by Gasteiger charge is 2.20. The molecule has 57 heavy (non-hydrogen) atoms. The number of fused-ring (bicyclic) bond motifs is 9. The summed E-state index contributed by atoms with van der Waals surface area (Å²) in [4.78, 5) is 20.1. The van der Waals surface area contributed by atoms with Crippen molar-refractivity contribution in [3.8, 4) is 45.5 Å². The van der Waals surface area contributed by atoms with Gasteiger partial charge in [-0.1, -0.05) is 97.1 Å². The second kappa shape index (κ2) is 12.3. The third kappa shape index (κ3) is 4.92. The SMILES string of the molecule is c1ccc(-c2nc(-c3ccc4c(c3)oc3ccccc34)nc(-c3ccc4c(c3)c3ccc(-n5c6ccccc6c6cccnc65)cc3n4-c3ccccc3)n2)cc1. The highest BCUT2D eigenvalue weighted by Crippen LogP contribution is 2.38. The Morgan fingerprint density at radius 1 is 0.351 bits per heavy atom. The molecule has 0 saturated heterocycles. The highest BCUT2D eigenvalue weighted by molar-refractivity contribution is 6.12. The van der Waals surface area contributed by atoms with E-state index in [2.05, 4.69) is 124 Å². The summed E-state index contributed by atoms with van der Waals surface area (Å²) in [5.41, 5.74) is 10.7. The van der Waals surface area contributed by atoms with E-state index < -0.39 is 0 Å². The van der Waals surface area contributed by atoms with Gasteiger partial charge in [0.25, 0.3) is 0 Å². The van der Waals surface area contributed by atoms with Gasteiger partial charge in [-0.2, -0.15) is 0 Å². The number of nitrogens with zero attached hydrogens (tertiary/aromatic N) is 6. The Bertz CT molecular complexity index is 3470.